The van der Waals surface area contributed by atoms with Crippen molar-refractivity contribution < 1.29 is 9.21 Å². The third-order valence-corrected chi connectivity index (χ3v) is 4.00. The van der Waals surface area contributed by atoms with Crippen molar-refractivity contribution in [1.82, 2.24) is 0 Å². The molecule has 3 heteroatoms. The highest BCUT2D eigenvalue weighted by molar-refractivity contribution is 7.21. The summed E-state index contributed by atoms with van der Waals surface area (Å²) in [6.07, 6.45) is 0.805. The van der Waals surface area contributed by atoms with E-state index < -0.39 is 0 Å². The van der Waals surface area contributed by atoms with E-state index in [-0.39, 0.29) is 5.78 Å². The van der Waals surface area contributed by atoms with Crippen molar-refractivity contribution in [3.8, 4) is 0 Å². The summed E-state index contributed by atoms with van der Waals surface area (Å²) >= 11 is 1.51. The van der Waals surface area contributed by atoms with Crippen molar-refractivity contribution in [2.75, 3.05) is 0 Å². The molecule has 0 fully saturated rings. The summed E-state index contributed by atoms with van der Waals surface area (Å²) < 4.78 is 6.63. The minimum Gasteiger partial charge on any atom is -0.458 e. The lowest BCUT2D eigenvalue weighted by molar-refractivity contribution is 0.101. The number of aryl methyl sites for hydroxylation is 1. The maximum absolute atomic E-state index is 12.3. The Hall–Kier alpha value is -1.87. The van der Waals surface area contributed by atoms with Crippen LogP contribution in [0.4, 0.5) is 0 Å². The average Bonchev–Trinajstić information content (AvgIpc) is 3.04. The van der Waals surface area contributed by atoms with Crippen molar-refractivity contribution in [3.05, 3.63) is 58.9 Å². The van der Waals surface area contributed by atoms with Gasteiger partial charge in [0.1, 0.15) is 5.76 Å². The normalized spacial score (nSPS) is 10.9. The van der Waals surface area contributed by atoms with Gasteiger partial charge >= 0.3 is 0 Å². The Morgan fingerprint density at radius 3 is 2.78 bits per heavy atom. The lowest BCUT2D eigenvalue weighted by Crippen LogP contribution is -1.95. The summed E-state index contributed by atoms with van der Waals surface area (Å²) in [5.74, 6) is 1.24. The SMILES string of the molecule is CCc1ccc(C(=O)c2cc3ccccc3s2)o1. The molecular weight excluding hydrogens is 244 g/mol. The van der Waals surface area contributed by atoms with Crippen LogP contribution in [-0.2, 0) is 6.42 Å². The van der Waals surface area contributed by atoms with Gasteiger partial charge < -0.3 is 4.42 Å². The van der Waals surface area contributed by atoms with Crippen molar-refractivity contribution >= 4 is 27.2 Å². The zero-order valence-electron chi connectivity index (χ0n) is 9.97. The molecule has 90 valence electrons. The van der Waals surface area contributed by atoms with E-state index in [9.17, 15) is 4.79 Å². The molecule has 18 heavy (non-hydrogen) atoms. The first-order valence-electron chi connectivity index (χ1n) is 5.90. The largest absolute Gasteiger partial charge is 0.458 e. The van der Waals surface area contributed by atoms with Crippen molar-refractivity contribution in [2.24, 2.45) is 0 Å². The quantitative estimate of drug-likeness (QED) is 0.654. The van der Waals surface area contributed by atoms with Crippen molar-refractivity contribution in [2.45, 2.75) is 13.3 Å². The molecular formula is C15H12O2S. The number of thiophene rings is 1. The lowest BCUT2D eigenvalue weighted by atomic mass is 10.2. The molecule has 3 aromatic rings. The first kappa shape index (κ1) is 11.2. The third-order valence-electron chi connectivity index (χ3n) is 2.88. The van der Waals surface area contributed by atoms with E-state index in [1.165, 1.54) is 11.3 Å². The van der Waals surface area contributed by atoms with Crippen LogP contribution >= 0.6 is 11.3 Å². The fourth-order valence-corrected chi connectivity index (χ4v) is 2.91. The maximum Gasteiger partial charge on any atom is 0.238 e. The number of benzene rings is 1. The topological polar surface area (TPSA) is 30.2 Å². The first-order chi connectivity index (χ1) is 8.78. The van der Waals surface area contributed by atoms with Crippen LogP contribution in [0.15, 0.2) is 46.9 Å². The molecule has 0 N–H and O–H groups in total. The van der Waals surface area contributed by atoms with Gasteiger partial charge in [-0.3, -0.25) is 4.79 Å². The molecule has 1 aromatic carbocycles. The predicted octanol–water partition coefficient (Wildman–Crippen LogP) is 4.29. The second-order valence-electron chi connectivity index (χ2n) is 4.10. The Morgan fingerprint density at radius 1 is 1.22 bits per heavy atom. The van der Waals surface area contributed by atoms with Crippen LogP contribution in [-0.4, -0.2) is 5.78 Å². The van der Waals surface area contributed by atoms with Crippen LogP contribution < -0.4 is 0 Å². The summed E-state index contributed by atoms with van der Waals surface area (Å²) in [5, 5.41) is 1.10. The van der Waals surface area contributed by atoms with E-state index in [0.29, 0.717) is 5.76 Å². The average molecular weight is 256 g/mol. The van der Waals surface area contributed by atoms with Crippen LogP contribution in [0.2, 0.25) is 0 Å². The number of carbonyl (C=O) groups excluding carboxylic acids is 1. The molecule has 0 aliphatic carbocycles. The molecule has 2 aromatic heterocycles. The molecule has 3 rings (SSSR count). The standard InChI is InChI=1S/C15H12O2S/c1-2-11-7-8-12(17-11)15(16)14-9-10-5-3-4-6-13(10)18-14/h3-9H,2H2,1H3. The molecule has 0 unspecified atom stereocenters. The van der Waals surface area contributed by atoms with Crippen LogP contribution in [0.5, 0.6) is 0 Å². The fraction of sp³-hybridized carbons (Fsp3) is 0.133. The molecule has 2 heterocycles. The minimum atomic E-state index is -0.0316. The van der Waals surface area contributed by atoms with Gasteiger partial charge in [0.15, 0.2) is 5.76 Å². The Balaban J connectivity index is 2.00. The molecule has 0 bridgehead atoms. The predicted molar refractivity (Wildman–Crippen MR) is 73.3 cm³/mol. The molecule has 0 saturated carbocycles. The van der Waals surface area contributed by atoms with Gasteiger partial charge in [0.25, 0.3) is 0 Å². The molecule has 0 radical (unpaired) electrons. The summed E-state index contributed by atoms with van der Waals surface area (Å²) in [6.45, 7) is 2.01. The Kier molecular flexibility index (Phi) is 2.76. The molecule has 0 atom stereocenters. The summed E-state index contributed by atoms with van der Waals surface area (Å²) in [7, 11) is 0. The van der Waals surface area contributed by atoms with E-state index in [4.69, 9.17) is 4.42 Å². The number of rotatable bonds is 3. The van der Waals surface area contributed by atoms with Gasteiger partial charge in [-0.25, -0.2) is 0 Å². The molecule has 0 amide bonds. The second-order valence-corrected chi connectivity index (χ2v) is 5.18. The van der Waals surface area contributed by atoms with Gasteiger partial charge in [-0.15, -0.1) is 11.3 Å². The van der Waals surface area contributed by atoms with Crippen LogP contribution in [0.3, 0.4) is 0 Å². The van der Waals surface area contributed by atoms with E-state index in [1.807, 2.05) is 43.3 Å². The Labute approximate surface area is 109 Å². The molecule has 0 spiro atoms. The number of furan rings is 1. The highest BCUT2D eigenvalue weighted by atomic mass is 32.1. The summed E-state index contributed by atoms with van der Waals surface area (Å²) in [4.78, 5) is 13.0. The number of ketones is 1. The van der Waals surface area contributed by atoms with Gasteiger partial charge in [0, 0.05) is 11.1 Å². The Bertz CT molecular complexity index is 673. The van der Waals surface area contributed by atoms with E-state index >= 15 is 0 Å². The lowest BCUT2D eigenvalue weighted by Gasteiger charge is -1.92. The summed E-state index contributed by atoms with van der Waals surface area (Å²) in [5.41, 5.74) is 0. The van der Waals surface area contributed by atoms with E-state index in [2.05, 4.69) is 0 Å². The fourth-order valence-electron chi connectivity index (χ4n) is 1.91. The second kappa shape index (κ2) is 4.42. The number of hydrogen-bond acceptors (Lipinski definition) is 3. The van der Waals surface area contributed by atoms with Gasteiger partial charge in [-0.05, 0) is 29.7 Å². The number of fused-ring (bicyclic) bond motifs is 1. The summed E-state index contributed by atoms with van der Waals surface area (Å²) in [6, 6.07) is 13.5. The minimum absolute atomic E-state index is 0.0316. The monoisotopic (exact) mass is 256 g/mol. The highest BCUT2D eigenvalue weighted by Gasteiger charge is 2.16. The van der Waals surface area contributed by atoms with Crippen molar-refractivity contribution in [1.29, 1.82) is 0 Å². The smallest absolute Gasteiger partial charge is 0.238 e. The van der Waals surface area contributed by atoms with Gasteiger partial charge in [0.05, 0.1) is 4.88 Å². The van der Waals surface area contributed by atoms with E-state index in [1.54, 1.807) is 6.07 Å². The van der Waals surface area contributed by atoms with Crippen LogP contribution in [0.25, 0.3) is 10.1 Å². The van der Waals surface area contributed by atoms with Crippen molar-refractivity contribution in [3.63, 3.8) is 0 Å². The highest BCUT2D eigenvalue weighted by Crippen LogP contribution is 2.27. The van der Waals surface area contributed by atoms with Gasteiger partial charge in [0.2, 0.25) is 5.78 Å². The number of carbonyl (C=O) groups is 1. The third kappa shape index (κ3) is 1.87. The molecule has 0 aliphatic rings. The maximum atomic E-state index is 12.3. The molecule has 0 aliphatic heterocycles. The van der Waals surface area contributed by atoms with E-state index in [0.717, 1.165) is 27.1 Å². The van der Waals surface area contributed by atoms with Crippen LogP contribution in [0, 0.1) is 0 Å². The zero-order valence-corrected chi connectivity index (χ0v) is 10.8. The first-order valence-corrected chi connectivity index (χ1v) is 6.71. The Morgan fingerprint density at radius 2 is 2.06 bits per heavy atom. The molecule has 2 nitrogen and oxygen atoms in total. The van der Waals surface area contributed by atoms with Gasteiger partial charge in [-0.2, -0.15) is 0 Å². The van der Waals surface area contributed by atoms with Crippen LogP contribution in [0.1, 0.15) is 28.1 Å². The number of hydrogen-bond donors (Lipinski definition) is 0. The van der Waals surface area contributed by atoms with Gasteiger partial charge in [-0.1, -0.05) is 25.1 Å². The zero-order chi connectivity index (χ0) is 12.5. The molecule has 0 saturated heterocycles.